The molecular weight excluding hydrogens is 214 g/mol. The molecule has 0 aromatic heterocycles. The third-order valence-electron chi connectivity index (χ3n) is 1.12. The minimum Gasteiger partial charge on any atom is -0.508 e. The minimum absolute atomic E-state index is 0.368. The van der Waals surface area contributed by atoms with Crippen LogP contribution in [0.5, 0.6) is 5.75 Å². The van der Waals surface area contributed by atoms with E-state index in [0.717, 1.165) is 5.56 Å². The monoisotopic (exact) mass is 243 g/mol. The first kappa shape index (κ1) is 21.2. The normalized spacial score (nSPS) is 7.47. The summed E-state index contributed by atoms with van der Waals surface area (Å²) in [5, 5.41) is 17.2. The highest BCUT2D eigenvalue weighted by molar-refractivity contribution is 5.29. The van der Waals surface area contributed by atoms with Crippen molar-refractivity contribution in [1.82, 2.24) is 16.0 Å². The van der Waals surface area contributed by atoms with E-state index in [1.165, 1.54) is 0 Å². The molecule has 4 heteroatoms. The van der Waals surface area contributed by atoms with Crippen molar-refractivity contribution in [2.24, 2.45) is 0 Å². The number of phenols is 1. The van der Waals surface area contributed by atoms with E-state index in [9.17, 15) is 0 Å². The van der Waals surface area contributed by atoms with Crippen molar-refractivity contribution in [2.75, 3.05) is 42.3 Å². The van der Waals surface area contributed by atoms with Crippen LogP contribution >= 0.6 is 0 Å². The van der Waals surface area contributed by atoms with Gasteiger partial charge in [-0.25, -0.2) is 0 Å². The molecule has 4 nitrogen and oxygen atoms in total. The summed E-state index contributed by atoms with van der Waals surface area (Å²) >= 11 is 0. The number of hydrogen-bond donors (Lipinski definition) is 4. The third kappa shape index (κ3) is 25.3. The molecule has 0 saturated heterocycles. The summed E-state index contributed by atoms with van der Waals surface area (Å²) in [4.78, 5) is 0. The summed E-state index contributed by atoms with van der Waals surface area (Å²) in [6, 6.07) is 7.25. The smallest absolute Gasteiger partial charge is 0.118 e. The Morgan fingerprint density at radius 2 is 1.06 bits per heavy atom. The van der Waals surface area contributed by atoms with Gasteiger partial charge < -0.3 is 21.1 Å². The van der Waals surface area contributed by atoms with E-state index in [-0.39, 0.29) is 0 Å². The third-order valence-corrected chi connectivity index (χ3v) is 1.12. The Morgan fingerprint density at radius 3 is 1.24 bits per heavy atom. The lowest BCUT2D eigenvalue weighted by atomic mass is 10.2. The van der Waals surface area contributed by atoms with Gasteiger partial charge in [0.2, 0.25) is 0 Å². The lowest BCUT2D eigenvalue weighted by Gasteiger charge is -1.92. The Morgan fingerprint density at radius 1 is 0.765 bits per heavy atom. The van der Waals surface area contributed by atoms with Crippen LogP contribution < -0.4 is 16.0 Å². The van der Waals surface area contributed by atoms with Crippen LogP contribution in [0.15, 0.2) is 24.3 Å². The number of benzene rings is 1. The summed E-state index contributed by atoms with van der Waals surface area (Å²) in [6.07, 6.45) is 0. The minimum atomic E-state index is 0.368. The lowest BCUT2D eigenvalue weighted by molar-refractivity contribution is 0.471. The number of hydrogen-bond acceptors (Lipinski definition) is 4. The van der Waals surface area contributed by atoms with Crippen LogP contribution in [-0.2, 0) is 0 Å². The topological polar surface area (TPSA) is 56.3 Å². The van der Waals surface area contributed by atoms with Crippen molar-refractivity contribution in [3.05, 3.63) is 29.8 Å². The second kappa shape index (κ2) is 20.3. The number of aryl methyl sites for hydroxylation is 1. The zero-order valence-electron chi connectivity index (χ0n) is 12.3. The number of nitrogens with one attached hydrogen (secondary N) is 3. The van der Waals surface area contributed by atoms with E-state index in [0.29, 0.717) is 5.75 Å². The highest BCUT2D eigenvalue weighted by Gasteiger charge is 1.86. The number of rotatable bonds is 0. The first-order valence-corrected chi connectivity index (χ1v) is 5.55. The molecule has 0 atom stereocenters. The molecule has 17 heavy (non-hydrogen) atoms. The van der Waals surface area contributed by atoms with Crippen LogP contribution in [0.25, 0.3) is 0 Å². The van der Waals surface area contributed by atoms with Crippen LogP contribution in [-0.4, -0.2) is 47.4 Å². The van der Waals surface area contributed by atoms with Crippen LogP contribution in [0.2, 0.25) is 0 Å². The highest BCUT2D eigenvalue weighted by atomic mass is 16.3. The summed E-state index contributed by atoms with van der Waals surface area (Å²) in [5.74, 6) is 0.368. The molecule has 0 saturated carbocycles. The van der Waals surface area contributed by atoms with Gasteiger partial charge >= 0.3 is 0 Å². The maximum atomic E-state index is 8.92. The predicted molar refractivity (Wildman–Crippen MR) is 77.8 cm³/mol. The number of phenolic OH excluding ortho intramolecular Hbond substituents is 1. The molecule has 0 aliphatic heterocycles. The zero-order valence-corrected chi connectivity index (χ0v) is 12.3. The van der Waals surface area contributed by atoms with E-state index in [4.69, 9.17) is 5.11 Å². The van der Waals surface area contributed by atoms with Gasteiger partial charge in [0.05, 0.1) is 0 Å². The highest BCUT2D eigenvalue weighted by Crippen LogP contribution is 2.12. The molecule has 0 unspecified atom stereocenters. The summed E-state index contributed by atoms with van der Waals surface area (Å²) in [6.45, 7) is 1.87. The molecule has 0 radical (unpaired) electrons. The van der Waals surface area contributed by atoms with Gasteiger partial charge in [-0.15, -0.1) is 0 Å². The quantitative estimate of drug-likeness (QED) is 0.553. The van der Waals surface area contributed by atoms with Gasteiger partial charge in [-0.3, -0.25) is 0 Å². The van der Waals surface area contributed by atoms with Crippen LogP contribution in [0.1, 0.15) is 5.56 Å². The van der Waals surface area contributed by atoms with Crippen LogP contribution in [0.4, 0.5) is 0 Å². The van der Waals surface area contributed by atoms with Crippen molar-refractivity contribution >= 4 is 0 Å². The van der Waals surface area contributed by atoms with Gasteiger partial charge in [0.15, 0.2) is 0 Å². The second-order valence-corrected chi connectivity index (χ2v) is 3.29. The Labute approximate surface area is 106 Å². The lowest BCUT2D eigenvalue weighted by Crippen LogP contribution is -1.89. The molecule has 0 heterocycles. The fraction of sp³-hybridized carbons (Fsp3) is 0.538. The molecule has 0 spiro atoms. The Balaban J connectivity index is -0.000000184. The molecule has 0 amide bonds. The SMILES string of the molecule is CNC.CNC.CNC.Cc1ccccc1O. The second-order valence-electron chi connectivity index (χ2n) is 3.29. The van der Waals surface area contributed by atoms with Crippen molar-refractivity contribution in [3.8, 4) is 5.75 Å². The van der Waals surface area contributed by atoms with E-state index >= 15 is 0 Å². The average molecular weight is 243 g/mol. The maximum Gasteiger partial charge on any atom is 0.118 e. The van der Waals surface area contributed by atoms with Crippen LogP contribution in [0, 0.1) is 6.92 Å². The molecule has 0 aliphatic carbocycles. The molecule has 0 aliphatic rings. The Kier molecular flexibility index (Phi) is 25.4. The van der Waals surface area contributed by atoms with Crippen molar-refractivity contribution in [3.63, 3.8) is 0 Å². The molecule has 1 aromatic carbocycles. The summed E-state index contributed by atoms with van der Waals surface area (Å²) < 4.78 is 0. The number of para-hydroxylation sites is 1. The Hall–Kier alpha value is -1.10. The fourth-order valence-electron chi connectivity index (χ4n) is 0.563. The Bertz CT molecular complexity index is 204. The van der Waals surface area contributed by atoms with E-state index in [2.05, 4.69) is 16.0 Å². The average Bonchev–Trinajstić information content (AvgIpc) is 2.26. The molecule has 1 rings (SSSR count). The standard InChI is InChI=1S/C7H8O.3C2H7N/c1-6-4-2-3-5-7(6)8;3*1-3-2/h2-5,8H,1H3;3*3H,1-2H3. The first-order chi connectivity index (χ1) is 8.05. The van der Waals surface area contributed by atoms with Crippen molar-refractivity contribution in [1.29, 1.82) is 0 Å². The van der Waals surface area contributed by atoms with E-state index in [1.807, 2.05) is 67.4 Å². The van der Waals surface area contributed by atoms with Gasteiger partial charge in [0.1, 0.15) is 5.75 Å². The van der Waals surface area contributed by atoms with Gasteiger partial charge in [-0.1, -0.05) is 18.2 Å². The number of aromatic hydroxyl groups is 1. The molecule has 4 N–H and O–H groups in total. The van der Waals surface area contributed by atoms with Gasteiger partial charge in [-0.2, -0.15) is 0 Å². The van der Waals surface area contributed by atoms with Gasteiger partial charge in [0, 0.05) is 0 Å². The molecular formula is C13H29N3O. The van der Waals surface area contributed by atoms with Crippen molar-refractivity contribution < 1.29 is 5.11 Å². The van der Waals surface area contributed by atoms with Gasteiger partial charge in [0.25, 0.3) is 0 Å². The first-order valence-electron chi connectivity index (χ1n) is 5.55. The molecule has 1 aromatic rings. The molecule has 102 valence electrons. The zero-order chi connectivity index (χ0) is 14.1. The maximum absolute atomic E-state index is 8.92. The van der Waals surface area contributed by atoms with Crippen molar-refractivity contribution in [2.45, 2.75) is 6.92 Å². The van der Waals surface area contributed by atoms with E-state index < -0.39 is 0 Å². The van der Waals surface area contributed by atoms with E-state index in [1.54, 1.807) is 6.07 Å². The fourth-order valence-corrected chi connectivity index (χ4v) is 0.563. The molecule has 0 fully saturated rings. The largest absolute Gasteiger partial charge is 0.508 e. The predicted octanol–water partition coefficient (Wildman–Crippen LogP) is 1.21. The summed E-state index contributed by atoms with van der Waals surface area (Å²) in [5.41, 5.74) is 0.924. The van der Waals surface area contributed by atoms with Gasteiger partial charge in [-0.05, 0) is 60.8 Å². The molecule has 0 bridgehead atoms. The summed E-state index contributed by atoms with van der Waals surface area (Å²) in [7, 11) is 11.2. The van der Waals surface area contributed by atoms with Crippen LogP contribution in [0.3, 0.4) is 0 Å².